The van der Waals surface area contributed by atoms with E-state index in [2.05, 4.69) is 45.9 Å². The number of carbonyl (C=O) groups is 1. The molecule has 1 saturated heterocycles. The molecule has 2 heterocycles. The summed E-state index contributed by atoms with van der Waals surface area (Å²) in [5, 5.41) is 8.89. The standard InChI is InChI=1S/C32H33N5O3S/c1-3-19-37(41(39,40)29-15-9-25(2)10-16-29)24-32(38)36-22-20-35(21-23-36)31-18-17-30(33-34-31)28-13-11-27(12-14-28)26-7-5-4-6-8-26/h3-18H,1,19-24H2,2H3. The highest BCUT2D eigenvalue weighted by Gasteiger charge is 2.29. The van der Waals surface area contributed by atoms with Crippen LogP contribution in [0.5, 0.6) is 0 Å². The molecule has 0 spiro atoms. The van der Waals surface area contributed by atoms with E-state index in [0.29, 0.717) is 26.2 Å². The van der Waals surface area contributed by atoms with Gasteiger partial charge < -0.3 is 9.80 Å². The first-order valence-electron chi connectivity index (χ1n) is 13.6. The highest BCUT2D eigenvalue weighted by Crippen LogP contribution is 2.24. The summed E-state index contributed by atoms with van der Waals surface area (Å²) in [6.07, 6.45) is 1.50. The molecule has 210 valence electrons. The predicted octanol–water partition coefficient (Wildman–Crippen LogP) is 4.64. The van der Waals surface area contributed by atoms with E-state index in [4.69, 9.17) is 0 Å². The highest BCUT2D eigenvalue weighted by molar-refractivity contribution is 7.89. The maximum Gasteiger partial charge on any atom is 0.243 e. The number of carbonyl (C=O) groups excluding carboxylic acids is 1. The van der Waals surface area contributed by atoms with E-state index in [1.54, 1.807) is 29.2 Å². The Morgan fingerprint density at radius 2 is 1.46 bits per heavy atom. The van der Waals surface area contributed by atoms with Crippen molar-refractivity contribution in [3.05, 3.63) is 109 Å². The quantitative estimate of drug-likeness (QED) is 0.274. The Kier molecular flexibility index (Phi) is 8.56. The molecule has 9 heteroatoms. The topological polar surface area (TPSA) is 86.7 Å². The van der Waals surface area contributed by atoms with E-state index >= 15 is 0 Å². The second-order valence-electron chi connectivity index (χ2n) is 9.99. The van der Waals surface area contributed by atoms with Crippen LogP contribution in [-0.4, -0.2) is 73.0 Å². The predicted molar refractivity (Wildman–Crippen MR) is 162 cm³/mol. The van der Waals surface area contributed by atoms with Gasteiger partial charge in [0.25, 0.3) is 0 Å². The van der Waals surface area contributed by atoms with Crippen molar-refractivity contribution in [3.8, 4) is 22.4 Å². The number of sulfonamides is 1. The molecule has 1 amide bonds. The van der Waals surface area contributed by atoms with Crippen LogP contribution in [0.25, 0.3) is 22.4 Å². The van der Waals surface area contributed by atoms with E-state index in [-0.39, 0.29) is 23.9 Å². The van der Waals surface area contributed by atoms with Crippen molar-refractivity contribution < 1.29 is 13.2 Å². The minimum atomic E-state index is -3.83. The van der Waals surface area contributed by atoms with Crippen LogP contribution < -0.4 is 4.90 Å². The van der Waals surface area contributed by atoms with Crippen molar-refractivity contribution in [2.24, 2.45) is 0 Å². The van der Waals surface area contributed by atoms with E-state index < -0.39 is 10.0 Å². The summed E-state index contributed by atoms with van der Waals surface area (Å²) in [7, 11) is -3.83. The molecule has 3 aromatic carbocycles. The fraction of sp³-hybridized carbons (Fsp3) is 0.219. The molecule has 0 atom stereocenters. The van der Waals surface area contributed by atoms with Crippen molar-refractivity contribution in [3.63, 3.8) is 0 Å². The number of hydrogen-bond donors (Lipinski definition) is 0. The largest absolute Gasteiger partial charge is 0.352 e. The van der Waals surface area contributed by atoms with Crippen LogP contribution in [0.3, 0.4) is 0 Å². The zero-order chi connectivity index (χ0) is 28.8. The Balaban J connectivity index is 1.18. The molecule has 8 nitrogen and oxygen atoms in total. The minimum Gasteiger partial charge on any atom is -0.352 e. The maximum absolute atomic E-state index is 13.2. The lowest BCUT2D eigenvalue weighted by atomic mass is 10.0. The van der Waals surface area contributed by atoms with Gasteiger partial charge in [0, 0.05) is 38.3 Å². The normalized spacial score (nSPS) is 13.8. The number of amides is 1. The third-order valence-electron chi connectivity index (χ3n) is 7.20. The number of aryl methyl sites for hydroxylation is 1. The molecule has 0 aliphatic carbocycles. The van der Waals surface area contributed by atoms with Gasteiger partial charge in [0.1, 0.15) is 0 Å². The van der Waals surface area contributed by atoms with Crippen LogP contribution in [0.2, 0.25) is 0 Å². The number of benzene rings is 3. The molecule has 1 aromatic heterocycles. The Hall–Kier alpha value is -4.34. The fourth-order valence-electron chi connectivity index (χ4n) is 4.80. The molecule has 41 heavy (non-hydrogen) atoms. The van der Waals surface area contributed by atoms with Gasteiger partial charge >= 0.3 is 0 Å². The zero-order valence-electron chi connectivity index (χ0n) is 23.1. The van der Waals surface area contributed by atoms with Gasteiger partial charge in [-0.15, -0.1) is 16.8 Å². The molecule has 0 bridgehead atoms. The number of anilines is 1. The Morgan fingerprint density at radius 1 is 0.829 bits per heavy atom. The molecule has 0 unspecified atom stereocenters. The van der Waals surface area contributed by atoms with Crippen molar-refractivity contribution in [2.45, 2.75) is 11.8 Å². The summed E-state index contributed by atoms with van der Waals surface area (Å²) >= 11 is 0. The van der Waals surface area contributed by atoms with Crippen LogP contribution in [0, 0.1) is 6.92 Å². The third kappa shape index (κ3) is 6.53. The lowest BCUT2D eigenvalue weighted by Gasteiger charge is -2.36. The first kappa shape index (κ1) is 28.2. The molecule has 1 fully saturated rings. The van der Waals surface area contributed by atoms with Crippen molar-refractivity contribution in [1.82, 2.24) is 19.4 Å². The number of nitrogens with zero attached hydrogens (tertiary/aromatic N) is 5. The molecule has 5 rings (SSSR count). The molecular formula is C32H33N5O3S. The summed E-state index contributed by atoms with van der Waals surface area (Å²) in [6.45, 7) is 7.49. The molecule has 0 N–H and O–H groups in total. The molecular weight excluding hydrogens is 534 g/mol. The molecule has 0 radical (unpaired) electrons. The van der Waals surface area contributed by atoms with Gasteiger partial charge in [-0.25, -0.2) is 8.42 Å². The van der Waals surface area contributed by atoms with Crippen LogP contribution in [0.4, 0.5) is 5.82 Å². The van der Waals surface area contributed by atoms with Gasteiger partial charge in [-0.3, -0.25) is 4.79 Å². The summed E-state index contributed by atoms with van der Waals surface area (Å²) in [4.78, 5) is 17.1. The number of rotatable bonds is 9. The van der Waals surface area contributed by atoms with E-state index in [1.807, 2.05) is 49.4 Å². The SMILES string of the molecule is C=CCN(CC(=O)N1CCN(c2ccc(-c3ccc(-c4ccccc4)cc3)nn2)CC1)S(=O)(=O)c1ccc(C)cc1. The number of aromatic nitrogens is 2. The van der Waals surface area contributed by atoms with Crippen LogP contribution in [0.1, 0.15) is 5.56 Å². The van der Waals surface area contributed by atoms with E-state index in [9.17, 15) is 13.2 Å². The smallest absolute Gasteiger partial charge is 0.243 e. The molecule has 1 aliphatic heterocycles. The van der Waals surface area contributed by atoms with Gasteiger partial charge in [0.05, 0.1) is 17.1 Å². The third-order valence-corrected chi connectivity index (χ3v) is 9.02. The van der Waals surface area contributed by atoms with Gasteiger partial charge in [-0.05, 0) is 42.3 Å². The molecule has 0 saturated carbocycles. The number of hydrogen-bond acceptors (Lipinski definition) is 6. The van der Waals surface area contributed by atoms with Crippen molar-refractivity contribution >= 4 is 21.7 Å². The second-order valence-corrected chi connectivity index (χ2v) is 11.9. The Bertz CT molecular complexity index is 1580. The maximum atomic E-state index is 13.2. The fourth-order valence-corrected chi connectivity index (χ4v) is 6.16. The van der Waals surface area contributed by atoms with Crippen molar-refractivity contribution in [1.29, 1.82) is 0 Å². The summed E-state index contributed by atoms with van der Waals surface area (Å²) < 4.78 is 27.5. The Labute approximate surface area is 241 Å². The van der Waals surface area contributed by atoms with Crippen LogP contribution >= 0.6 is 0 Å². The van der Waals surface area contributed by atoms with E-state index in [1.165, 1.54) is 15.9 Å². The first-order valence-corrected chi connectivity index (χ1v) is 15.0. The minimum absolute atomic E-state index is 0.0544. The summed E-state index contributed by atoms with van der Waals surface area (Å²) in [5.74, 6) is 0.513. The second kappa shape index (κ2) is 12.4. The van der Waals surface area contributed by atoms with Gasteiger partial charge in [-0.1, -0.05) is 78.4 Å². The van der Waals surface area contributed by atoms with Gasteiger partial charge in [-0.2, -0.15) is 4.31 Å². The monoisotopic (exact) mass is 567 g/mol. The lowest BCUT2D eigenvalue weighted by molar-refractivity contribution is -0.131. The summed E-state index contributed by atoms with van der Waals surface area (Å²) in [5.41, 5.74) is 5.05. The number of piperazine rings is 1. The molecule has 1 aliphatic rings. The Morgan fingerprint density at radius 3 is 2.07 bits per heavy atom. The van der Waals surface area contributed by atoms with Gasteiger partial charge in [0.2, 0.25) is 15.9 Å². The average molecular weight is 568 g/mol. The highest BCUT2D eigenvalue weighted by atomic mass is 32.2. The van der Waals surface area contributed by atoms with E-state index in [0.717, 1.165) is 28.2 Å². The average Bonchev–Trinajstić information content (AvgIpc) is 3.02. The molecule has 4 aromatic rings. The zero-order valence-corrected chi connectivity index (χ0v) is 23.9. The van der Waals surface area contributed by atoms with Crippen molar-refractivity contribution in [2.75, 3.05) is 44.2 Å². The lowest BCUT2D eigenvalue weighted by Crippen LogP contribution is -2.52. The van der Waals surface area contributed by atoms with Gasteiger partial charge in [0.15, 0.2) is 5.82 Å². The van der Waals surface area contributed by atoms with Crippen LogP contribution in [0.15, 0.2) is 109 Å². The summed E-state index contributed by atoms with van der Waals surface area (Å²) in [6, 6.07) is 29.0. The first-order chi connectivity index (χ1) is 19.8. The van der Waals surface area contributed by atoms with Crippen LogP contribution in [-0.2, 0) is 14.8 Å².